The van der Waals surface area contributed by atoms with E-state index in [4.69, 9.17) is 18.9 Å². The third kappa shape index (κ3) is 3.92. The fourth-order valence-corrected chi connectivity index (χ4v) is 3.86. The summed E-state index contributed by atoms with van der Waals surface area (Å²) in [7, 11) is 0. The van der Waals surface area contributed by atoms with Crippen molar-refractivity contribution >= 4 is 17.9 Å². The summed E-state index contributed by atoms with van der Waals surface area (Å²) in [5, 5.41) is 22.1. The normalized spacial score (nSPS) is 37.2. The van der Waals surface area contributed by atoms with Crippen molar-refractivity contribution in [2.75, 3.05) is 6.61 Å². The van der Waals surface area contributed by atoms with Crippen LogP contribution in [-0.2, 0) is 33.3 Å². The molecule has 2 N–H and O–H groups in total. The summed E-state index contributed by atoms with van der Waals surface area (Å²) in [4.78, 5) is 36.1. The molecule has 0 amide bonds. The number of fused-ring (bicyclic) bond motifs is 3. The third-order valence-corrected chi connectivity index (χ3v) is 5.60. The van der Waals surface area contributed by atoms with E-state index in [1.807, 2.05) is 0 Å². The Kier molecular flexibility index (Phi) is 5.43. The lowest BCUT2D eigenvalue weighted by Crippen LogP contribution is -2.54. The predicted molar refractivity (Wildman–Crippen MR) is 101 cm³/mol. The molecule has 9 nitrogen and oxygen atoms in total. The average Bonchev–Trinajstić information content (AvgIpc) is 3.09. The minimum Gasteiger partial charge on any atom is -0.461 e. The minimum absolute atomic E-state index is 0.0138. The van der Waals surface area contributed by atoms with Crippen LogP contribution >= 0.6 is 0 Å². The van der Waals surface area contributed by atoms with E-state index in [-0.39, 0.29) is 35.3 Å². The van der Waals surface area contributed by atoms with Crippen LogP contribution in [-0.4, -0.2) is 57.8 Å². The zero-order valence-electron chi connectivity index (χ0n) is 17.4. The molecule has 0 unspecified atom stereocenters. The van der Waals surface area contributed by atoms with E-state index >= 15 is 0 Å². The smallest absolute Gasteiger partial charge is 0.343 e. The highest BCUT2D eigenvalue weighted by Gasteiger charge is 2.58. The average molecular weight is 422 g/mol. The van der Waals surface area contributed by atoms with Crippen molar-refractivity contribution in [1.29, 1.82) is 0 Å². The van der Waals surface area contributed by atoms with Gasteiger partial charge in [0.15, 0.2) is 5.79 Å². The van der Waals surface area contributed by atoms with Gasteiger partial charge in [0.1, 0.15) is 24.1 Å². The molecule has 164 valence electrons. The maximum atomic E-state index is 12.5. The van der Waals surface area contributed by atoms with Gasteiger partial charge in [0.05, 0.1) is 11.2 Å². The summed E-state index contributed by atoms with van der Waals surface area (Å²) in [5.74, 6) is -3.96. The number of hydrogen-bond donors (Lipinski definition) is 2. The zero-order chi connectivity index (χ0) is 22.5. The molecule has 0 aliphatic carbocycles. The molecule has 3 heterocycles. The molecule has 4 atom stereocenters. The lowest BCUT2D eigenvalue weighted by Gasteiger charge is -2.40. The Balaban J connectivity index is 2.17. The van der Waals surface area contributed by atoms with Gasteiger partial charge < -0.3 is 29.2 Å². The summed E-state index contributed by atoms with van der Waals surface area (Å²) >= 11 is 0. The van der Waals surface area contributed by atoms with Crippen LogP contribution in [0.15, 0.2) is 35.1 Å². The monoisotopic (exact) mass is 422 g/mol. The quantitative estimate of drug-likeness (QED) is 0.390. The fourth-order valence-electron chi connectivity index (χ4n) is 3.86. The standard InChI is InChI=1S/C21H26O9/c1-11(2)17(23)28-15-9-20(5,25)21(26)7-6-19(4,30-21)8-14-16(15)13(18(24)29-14)10-27-12(3)22/h8,15,25-26H,1,6-7,9-10H2,2-5H3/b14-8+/t15-,19+,20+,21-/m0/s1. The molecule has 0 radical (unpaired) electrons. The molecule has 0 aromatic heterocycles. The number of carbonyl (C=O) groups excluding carboxylic acids is 3. The Labute approximate surface area is 173 Å². The Hall–Kier alpha value is -2.49. The molecule has 1 saturated heterocycles. The van der Waals surface area contributed by atoms with Crippen molar-refractivity contribution in [2.24, 2.45) is 0 Å². The second-order valence-corrected chi connectivity index (χ2v) is 8.42. The SMILES string of the molecule is C=C(C)C(=O)O[C@H]1C[C@@](C)(O)[C@]2(O)CC[C@](C)(/C=C3/OC(=O)C(COC(C)=O)=C31)O2. The number of esters is 3. The highest BCUT2D eigenvalue weighted by atomic mass is 16.7. The van der Waals surface area contributed by atoms with Gasteiger partial charge >= 0.3 is 17.9 Å². The molecule has 0 aromatic carbocycles. The second kappa shape index (κ2) is 7.33. The molecule has 3 rings (SSSR count). The zero-order valence-corrected chi connectivity index (χ0v) is 17.4. The second-order valence-electron chi connectivity index (χ2n) is 8.42. The van der Waals surface area contributed by atoms with Crippen LogP contribution in [0.2, 0.25) is 0 Å². The molecule has 2 bridgehead atoms. The Morgan fingerprint density at radius 2 is 1.93 bits per heavy atom. The van der Waals surface area contributed by atoms with Crippen LogP contribution in [0.5, 0.6) is 0 Å². The van der Waals surface area contributed by atoms with Crippen molar-refractivity contribution in [3.63, 3.8) is 0 Å². The van der Waals surface area contributed by atoms with Crippen molar-refractivity contribution < 1.29 is 43.5 Å². The molecule has 0 spiro atoms. The Morgan fingerprint density at radius 1 is 1.27 bits per heavy atom. The number of rotatable bonds is 4. The topological polar surface area (TPSA) is 129 Å². The van der Waals surface area contributed by atoms with Crippen LogP contribution in [0.1, 0.15) is 47.0 Å². The van der Waals surface area contributed by atoms with E-state index < -0.39 is 47.6 Å². The van der Waals surface area contributed by atoms with Gasteiger partial charge in [-0.3, -0.25) is 4.79 Å². The van der Waals surface area contributed by atoms with Gasteiger partial charge in [-0.05, 0) is 33.3 Å². The van der Waals surface area contributed by atoms with E-state index in [1.165, 1.54) is 26.8 Å². The predicted octanol–water partition coefficient (Wildman–Crippen LogP) is 1.19. The molecule has 0 aromatic rings. The number of carbonyl (C=O) groups is 3. The summed E-state index contributed by atoms with van der Waals surface area (Å²) in [6, 6.07) is 0. The van der Waals surface area contributed by atoms with Crippen LogP contribution in [0.25, 0.3) is 0 Å². The first kappa shape index (κ1) is 22.2. The maximum Gasteiger partial charge on any atom is 0.343 e. The highest BCUT2D eigenvalue weighted by Crippen LogP contribution is 2.49. The van der Waals surface area contributed by atoms with E-state index in [9.17, 15) is 24.6 Å². The van der Waals surface area contributed by atoms with Crippen LogP contribution in [0.3, 0.4) is 0 Å². The highest BCUT2D eigenvalue weighted by molar-refractivity contribution is 5.96. The molecule has 1 fully saturated rings. The summed E-state index contributed by atoms with van der Waals surface area (Å²) in [6.07, 6.45) is 0.495. The first-order valence-electron chi connectivity index (χ1n) is 9.60. The van der Waals surface area contributed by atoms with Gasteiger partial charge in [-0.1, -0.05) is 6.58 Å². The maximum absolute atomic E-state index is 12.5. The molecular formula is C21H26O9. The van der Waals surface area contributed by atoms with Gasteiger partial charge in [-0.15, -0.1) is 0 Å². The number of aliphatic hydroxyl groups is 2. The molecule has 9 heteroatoms. The largest absolute Gasteiger partial charge is 0.461 e. The van der Waals surface area contributed by atoms with Gasteiger partial charge in [-0.25, -0.2) is 9.59 Å². The molecule has 3 aliphatic rings. The number of hydrogen-bond acceptors (Lipinski definition) is 9. The van der Waals surface area contributed by atoms with Crippen molar-refractivity contribution in [2.45, 2.75) is 70.1 Å². The Bertz CT molecular complexity index is 881. The van der Waals surface area contributed by atoms with E-state index in [0.717, 1.165) is 0 Å². The first-order valence-corrected chi connectivity index (χ1v) is 9.60. The molecular weight excluding hydrogens is 396 g/mol. The molecule has 3 aliphatic heterocycles. The number of ether oxygens (including phenoxy) is 4. The van der Waals surface area contributed by atoms with Crippen molar-refractivity contribution in [3.05, 3.63) is 35.1 Å². The van der Waals surface area contributed by atoms with Crippen molar-refractivity contribution in [3.8, 4) is 0 Å². The van der Waals surface area contributed by atoms with Crippen LogP contribution < -0.4 is 0 Å². The fraction of sp³-hybridized carbons (Fsp3) is 0.571. The lowest BCUT2D eigenvalue weighted by molar-refractivity contribution is -0.298. The Morgan fingerprint density at radius 3 is 2.53 bits per heavy atom. The summed E-state index contributed by atoms with van der Waals surface area (Å²) < 4.78 is 21.7. The molecule has 30 heavy (non-hydrogen) atoms. The van der Waals surface area contributed by atoms with Crippen molar-refractivity contribution in [1.82, 2.24) is 0 Å². The molecule has 0 saturated carbocycles. The summed E-state index contributed by atoms with van der Waals surface area (Å²) in [5.41, 5.74) is -2.64. The van der Waals surface area contributed by atoms with Gasteiger partial charge in [0.2, 0.25) is 0 Å². The third-order valence-electron chi connectivity index (χ3n) is 5.60. The van der Waals surface area contributed by atoms with E-state index in [0.29, 0.717) is 6.42 Å². The van der Waals surface area contributed by atoms with Crippen LogP contribution in [0, 0.1) is 0 Å². The first-order chi connectivity index (χ1) is 13.8. The van der Waals surface area contributed by atoms with Gasteiger partial charge in [-0.2, -0.15) is 0 Å². The lowest BCUT2D eigenvalue weighted by atomic mass is 9.82. The van der Waals surface area contributed by atoms with E-state index in [2.05, 4.69) is 6.58 Å². The minimum atomic E-state index is -1.91. The van der Waals surface area contributed by atoms with Gasteiger partial charge in [0.25, 0.3) is 0 Å². The van der Waals surface area contributed by atoms with Gasteiger partial charge in [0, 0.05) is 30.9 Å². The summed E-state index contributed by atoms with van der Waals surface area (Å²) in [6.45, 7) is 8.86. The van der Waals surface area contributed by atoms with E-state index in [1.54, 1.807) is 6.92 Å². The van der Waals surface area contributed by atoms with Crippen LogP contribution in [0.4, 0.5) is 0 Å².